The number of nitriles is 1. The van der Waals surface area contributed by atoms with Gasteiger partial charge in [-0.15, -0.1) is 0 Å². The second-order valence-electron chi connectivity index (χ2n) is 6.81. The van der Waals surface area contributed by atoms with Crippen molar-refractivity contribution in [3.63, 3.8) is 0 Å². The van der Waals surface area contributed by atoms with Gasteiger partial charge in [0.05, 0.1) is 21.6 Å². The Kier molecular flexibility index (Phi) is 9.12. The first kappa shape index (κ1) is 26.2. The predicted molar refractivity (Wildman–Crippen MR) is 140 cm³/mol. The summed E-state index contributed by atoms with van der Waals surface area (Å²) in [4.78, 5) is 12.6. The number of carbonyl (C=O) groups excluding carboxylic acids is 1. The number of hydrogen-bond donors (Lipinski definition) is 1. The Morgan fingerprint density at radius 2 is 1.82 bits per heavy atom. The molecule has 1 amide bonds. The molecule has 0 radical (unpaired) electrons. The van der Waals surface area contributed by atoms with E-state index in [9.17, 15) is 10.1 Å². The van der Waals surface area contributed by atoms with Crippen LogP contribution in [-0.2, 0) is 11.4 Å². The van der Waals surface area contributed by atoms with Crippen molar-refractivity contribution < 1.29 is 14.3 Å². The van der Waals surface area contributed by atoms with Crippen LogP contribution in [0, 0.1) is 11.3 Å². The molecule has 0 fully saturated rings. The van der Waals surface area contributed by atoms with E-state index in [1.54, 1.807) is 42.5 Å². The molecule has 0 aliphatic carbocycles. The van der Waals surface area contributed by atoms with Crippen molar-refractivity contribution in [1.82, 2.24) is 0 Å². The number of carbonyl (C=O) groups is 1. The van der Waals surface area contributed by atoms with Gasteiger partial charge in [0.25, 0.3) is 5.91 Å². The Labute approximate surface area is 224 Å². The number of halogens is 5. The molecule has 10 heteroatoms. The molecule has 3 aromatic rings. The van der Waals surface area contributed by atoms with E-state index >= 15 is 0 Å². The molecule has 0 atom stereocenters. The normalized spacial score (nSPS) is 11.0. The topological polar surface area (TPSA) is 71.3 Å². The highest BCUT2D eigenvalue weighted by Crippen LogP contribution is 2.38. The van der Waals surface area contributed by atoms with E-state index in [-0.39, 0.29) is 17.2 Å². The van der Waals surface area contributed by atoms with E-state index in [1.807, 2.05) is 6.07 Å². The van der Waals surface area contributed by atoms with E-state index in [4.69, 9.17) is 55.9 Å². The summed E-state index contributed by atoms with van der Waals surface area (Å²) in [7, 11) is 1.49. The summed E-state index contributed by atoms with van der Waals surface area (Å²) >= 11 is 27.5. The minimum atomic E-state index is -0.603. The molecule has 0 bridgehead atoms. The molecule has 0 saturated carbocycles. The van der Waals surface area contributed by atoms with Gasteiger partial charge in [0, 0.05) is 21.3 Å². The van der Waals surface area contributed by atoms with Crippen LogP contribution in [0.4, 0.5) is 5.69 Å². The zero-order valence-electron chi connectivity index (χ0n) is 17.5. The number of ether oxygens (including phenoxy) is 2. The summed E-state index contributed by atoms with van der Waals surface area (Å²) in [6.45, 7) is 0.176. The van der Waals surface area contributed by atoms with Gasteiger partial charge in [-0.05, 0) is 70.0 Å². The molecular formula is C24H15BrCl4N2O3. The number of anilines is 1. The van der Waals surface area contributed by atoms with Gasteiger partial charge < -0.3 is 14.8 Å². The van der Waals surface area contributed by atoms with Gasteiger partial charge in [-0.1, -0.05) is 52.5 Å². The van der Waals surface area contributed by atoms with Crippen LogP contribution >= 0.6 is 62.3 Å². The molecule has 174 valence electrons. The Morgan fingerprint density at radius 3 is 2.47 bits per heavy atom. The van der Waals surface area contributed by atoms with Crippen LogP contribution in [-0.4, -0.2) is 13.0 Å². The Morgan fingerprint density at radius 1 is 1.06 bits per heavy atom. The number of benzene rings is 3. The molecule has 34 heavy (non-hydrogen) atoms. The first-order valence-electron chi connectivity index (χ1n) is 9.54. The number of amides is 1. The predicted octanol–water partition coefficient (Wildman–Crippen LogP) is 8.20. The second kappa shape index (κ2) is 11.8. The van der Waals surface area contributed by atoms with Crippen molar-refractivity contribution in [2.75, 3.05) is 12.4 Å². The molecule has 3 aromatic carbocycles. The third-order valence-corrected chi connectivity index (χ3v) is 6.41. The molecule has 1 N–H and O–H groups in total. The molecular weight excluding hydrogens is 586 g/mol. The fourth-order valence-corrected chi connectivity index (χ4v) is 4.17. The van der Waals surface area contributed by atoms with Gasteiger partial charge in [-0.25, -0.2) is 0 Å². The number of methoxy groups -OCH3 is 1. The monoisotopic (exact) mass is 598 g/mol. The van der Waals surface area contributed by atoms with Crippen molar-refractivity contribution >= 4 is 80.0 Å². The third-order valence-electron chi connectivity index (χ3n) is 4.49. The molecule has 0 aliphatic rings. The molecule has 0 spiro atoms. The zero-order valence-corrected chi connectivity index (χ0v) is 22.1. The SMILES string of the molecule is COc1cc(/C=C(\C#N)C(=O)Nc2ccc(Cl)c(Cl)c2)cc(Br)c1OCc1ccc(Cl)cc1Cl. The van der Waals surface area contributed by atoms with Crippen molar-refractivity contribution in [2.45, 2.75) is 6.61 Å². The molecule has 3 rings (SSSR count). The summed E-state index contributed by atoms with van der Waals surface area (Å²) in [5.74, 6) is 0.228. The highest BCUT2D eigenvalue weighted by atomic mass is 79.9. The lowest BCUT2D eigenvalue weighted by molar-refractivity contribution is -0.112. The highest BCUT2D eigenvalue weighted by Gasteiger charge is 2.15. The lowest BCUT2D eigenvalue weighted by atomic mass is 10.1. The summed E-state index contributed by atoms with van der Waals surface area (Å²) in [5, 5.41) is 13.8. The van der Waals surface area contributed by atoms with E-state index in [2.05, 4.69) is 21.2 Å². The van der Waals surface area contributed by atoms with Gasteiger partial charge in [-0.3, -0.25) is 4.79 Å². The number of rotatable bonds is 7. The maximum atomic E-state index is 12.6. The van der Waals surface area contributed by atoms with E-state index in [0.717, 1.165) is 5.56 Å². The quantitative estimate of drug-likeness (QED) is 0.219. The highest BCUT2D eigenvalue weighted by molar-refractivity contribution is 9.10. The molecule has 5 nitrogen and oxygen atoms in total. The van der Waals surface area contributed by atoms with E-state index < -0.39 is 5.91 Å². The van der Waals surface area contributed by atoms with Crippen molar-refractivity contribution in [1.29, 1.82) is 5.26 Å². The van der Waals surface area contributed by atoms with Gasteiger partial charge in [0.15, 0.2) is 11.5 Å². The lowest BCUT2D eigenvalue weighted by Gasteiger charge is -2.14. The van der Waals surface area contributed by atoms with E-state index in [1.165, 1.54) is 19.3 Å². The molecule has 0 unspecified atom stereocenters. The summed E-state index contributed by atoms with van der Waals surface area (Å²) in [6.07, 6.45) is 1.43. The van der Waals surface area contributed by atoms with E-state index in [0.29, 0.717) is 42.3 Å². The van der Waals surface area contributed by atoms with Crippen molar-refractivity contribution in [2.24, 2.45) is 0 Å². The molecule has 0 saturated heterocycles. The van der Waals surface area contributed by atoms with Gasteiger partial charge in [-0.2, -0.15) is 5.26 Å². The van der Waals surface area contributed by atoms with Crippen LogP contribution in [0.2, 0.25) is 20.1 Å². The summed E-state index contributed by atoms with van der Waals surface area (Å²) in [5.41, 5.74) is 1.57. The average molecular weight is 601 g/mol. The van der Waals surface area contributed by atoms with Crippen molar-refractivity contribution in [3.05, 3.63) is 89.8 Å². The Hall–Kier alpha value is -2.40. The lowest BCUT2D eigenvalue weighted by Crippen LogP contribution is -2.13. The van der Waals surface area contributed by atoms with Crippen LogP contribution in [0.25, 0.3) is 6.08 Å². The maximum Gasteiger partial charge on any atom is 0.266 e. The Balaban J connectivity index is 1.83. The van der Waals surface area contributed by atoms with Gasteiger partial charge >= 0.3 is 0 Å². The molecule has 0 heterocycles. The Bertz CT molecular complexity index is 1320. The fourth-order valence-electron chi connectivity index (χ4n) is 2.84. The largest absolute Gasteiger partial charge is 0.493 e. The number of nitrogens with zero attached hydrogens (tertiary/aromatic N) is 1. The standard InChI is InChI=1S/C24H15BrCl4N2O3/c1-33-22-8-13(6-15(11-30)24(32)31-17-4-5-19(27)21(29)10-17)7-18(25)23(22)34-12-14-2-3-16(26)9-20(14)28/h2-10H,12H2,1H3,(H,31,32)/b15-6+. The fraction of sp³-hybridized carbons (Fsp3) is 0.0833. The van der Waals surface area contributed by atoms with Crippen LogP contribution in [0.1, 0.15) is 11.1 Å². The molecule has 0 aliphatic heterocycles. The summed E-state index contributed by atoms with van der Waals surface area (Å²) < 4.78 is 11.9. The first-order chi connectivity index (χ1) is 16.2. The average Bonchev–Trinajstić information content (AvgIpc) is 2.79. The van der Waals surface area contributed by atoms with Crippen LogP contribution in [0.3, 0.4) is 0 Å². The van der Waals surface area contributed by atoms with Crippen LogP contribution < -0.4 is 14.8 Å². The second-order valence-corrected chi connectivity index (χ2v) is 9.32. The summed E-state index contributed by atoms with van der Waals surface area (Å²) in [6, 6.07) is 15.0. The number of nitrogens with one attached hydrogen (secondary N) is 1. The van der Waals surface area contributed by atoms with Gasteiger partial charge in [0.2, 0.25) is 0 Å². The van der Waals surface area contributed by atoms with Crippen molar-refractivity contribution in [3.8, 4) is 17.6 Å². The molecule has 0 aromatic heterocycles. The minimum Gasteiger partial charge on any atom is -0.493 e. The van der Waals surface area contributed by atoms with Crippen LogP contribution in [0.5, 0.6) is 11.5 Å². The third kappa shape index (κ3) is 6.59. The maximum absolute atomic E-state index is 12.6. The van der Waals surface area contributed by atoms with Gasteiger partial charge in [0.1, 0.15) is 18.2 Å². The first-order valence-corrected chi connectivity index (χ1v) is 11.8. The van der Waals surface area contributed by atoms with Crippen LogP contribution in [0.15, 0.2) is 58.6 Å². The zero-order chi connectivity index (χ0) is 24.8. The minimum absolute atomic E-state index is 0.123. The smallest absolute Gasteiger partial charge is 0.266 e. The number of hydrogen-bond acceptors (Lipinski definition) is 4.